The first-order chi connectivity index (χ1) is 15.0. The topological polar surface area (TPSA) is 99.1 Å². The monoisotopic (exact) mass is 462 g/mol. The lowest BCUT2D eigenvalue weighted by Crippen LogP contribution is -2.28. The first-order valence-electron chi connectivity index (χ1n) is 10.5. The van der Waals surface area contributed by atoms with E-state index in [1.807, 2.05) is 0 Å². The van der Waals surface area contributed by atoms with Crippen molar-refractivity contribution in [2.75, 3.05) is 13.2 Å². The fourth-order valence-corrected chi connectivity index (χ4v) is 4.76. The molecule has 0 radical (unpaired) electrons. The maximum Gasteiger partial charge on any atom is 0.349 e. The SMILES string of the molecule is CCOP(=O)(Cc1ccc(-c2ccccc2C(OC(=O)C(C)(C)C)C(=O)O)cc1)OCC. The molecule has 2 rings (SSSR count). The molecule has 0 fully saturated rings. The molecular formula is C24H31O7P. The van der Waals surface area contributed by atoms with Gasteiger partial charge in [0, 0.05) is 5.56 Å². The average Bonchev–Trinajstić information content (AvgIpc) is 2.72. The summed E-state index contributed by atoms with van der Waals surface area (Å²) < 4.78 is 28.8. The summed E-state index contributed by atoms with van der Waals surface area (Å²) in [4.78, 5) is 24.3. The molecule has 2 aromatic rings. The van der Waals surface area contributed by atoms with Crippen molar-refractivity contribution in [1.29, 1.82) is 0 Å². The molecule has 0 spiro atoms. The quantitative estimate of drug-likeness (QED) is 0.350. The highest BCUT2D eigenvalue weighted by Crippen LogP contribution is 2.51. The average molecular weight is 462 g/mol. The molecule has 1 unspecified atom stereocenters. The molecule has 7 nitrogen and oxygen atoms in total. The van der Waals surface area contributed by atoms with Crippen LogP contribution in [0.3, 0.4) is 0 Å². The van der Waals surface area contributed by atoms with Gasteiger partial charge in [0.15, 0.2) is 0 Å². The summed E-state index contributed by atoms with van der Waals surface area (Å²) in [6.07, 6.45) is -1.30. The van der Waals surface area contributed by atoms with Crippen LogP contribution in [0.2, 0.25) is 0 Å². The second kappa shape index (κ2) is 10.9. The van der Waals surface area contributed by atoms with Crippen molar-refractivity contribution in [2.45, 2.75) is 46.9 Å². The largest absolute Gasteiger partial charge is 0.478 e. The van der Waals surface area contributed by atoms with Crippen LogP contribution in [0.4, 0.5) is 0 Å². The van der Waals surface area contributed by atoms with Gasteiger partial charge in [-0.25, -0.2) is 4.79 Å². The predicted octanol–water partition coefficient (Wildman–Crippen LogP) is 5.83. The van der Waals surface area contributed by atoms with Crippen LogP contribution in [0, 0.1) is 5.41 Å². The Morgan fingerprint density at radius 2 is 1.53 bits per heavy atom. The van der Waals surface area contributed by atoms with Gasteiger partial charge in [0.25, 0.3) is 0 Å². The first-order valence-corrected chi connectivity index (χ1v) is 12.2. The van der Waals surface area contributed by atoms with Crippen LogP contribution in [-0.4, -0.2) is 30.3 Å². The van der Waals surface area contributed by atoms with Crippen molar-refractivity contribution in [3.63, 3.8) is 0 Å². The summed E-state index contributed by atoms with van der Waals surface area (Å²) in [7, 11) is -3.23. The van der Waals surface area contributed by atoms with E-state index in [0.29, 0.717) is 11.1 Å². The molecule has 0 saturated carbocycles. The Bertz CT molecular complexity index is 967. The number of carbonyl (C=O) groups is 2. The molecule has 1 atom stereocenters. The van der Waals surface area contributed by atoms with Gasteiger partial charge < -0.3 is 18.9 Å². The third-order valence-corrected chi connectivity index (χ3v) is 6.65. The first kappa shape index (κ1) is 25.8. The van der Waals surface area contributed by atoms with Crippen LogP contribution in [-0.2, 0) is 34.1 Å². The van der Waals surface area contributed by atoms with E-state index in [2.05, 4.69) is 0 Å². The third-order valence-electron chi connectivity index (χ3n) is 4.60. The Hall–Kier alpha value is -2.47. The zero-order chi connectivity index (χ0) is 23.9. The maximum absolute atomic E-state index is 12.8. The molecule has 0 bridgehead atoms. The minimum absolute atomic E-state index is 0.136. The minimum atomic E-state index is -3.23. The van der Waals surface area contributed by atoms with Crippen LogP contribution in [0.15, 0.2) is 48.5 Å². The lowest BCUT2D eigenvalue weighted by atomic mass is 9.94. The fraction of sp³-hybridized carbons (Fsp3) is 0.417. The molecule has 1 N–H and O–H groups in total. The Kier molecular flexibility index (Phi) is 8.79. The number of ether oxygens (including phenoxy) is 1. The number of rotatable bonds is 10. The Labute approximate surface area is 189 Å². The van der Waals surface area contributed by atoms with E-state index in [9.17, 15) is 19.3 Å². The zero-order valence-electron chi connectivity index (χ0n) is 19.2. The number of hydrogen-bond donors (Lipinski definition) is 1. The van der Waals surface area contributed by atoms with Gasteiger partial charge in [-0.1, -0.05) is 48.5 Å². The molecular weight excluding hydrogens is 431 g/mol. The van der Waals surface area contributed by atoms with Crippen molar-refractivity contribution in [3.05, 3.63) is 59.7 Å². The predicted molar refractivity (Wildman–Crippen MR) is 122 cm³/mol. The summed E-state index contributed by atoms with van der Waals surface area (Å²) >= 11 is 0. The summed E-state index contributed by atoms with van der Waals surface area (Å²) in [5.41, 5.74) is 1.68. The highest BCUT2D eigenvalue weighted by atomic mass is 31.2. The Morgan fingerprint density at radius 3 is 2.03 bits per heavy atom. The number of carboxylic acids is 1. The molecule has 0 amide bonds. The number of carbonyl (C=O) groups excluding carboxylic acids is 1. The van der Waals surface area contributed by atoms with E-state index < -0.39 is 31.1 Å². The van der Waals surface area contributed by atoms with Gasteiger partial charge >= 0.3 is 19.5 Å². The molecule has 2 aromatic carbocycles. The zero-order valence-corrected chi connectivity index (χ0v) is 20.1. The second-order valence-electron chi connectivity index (χ2n) is 8.26. The van der Waals surface area contributed by atoms with Crippen LogP contribution in [0.25, 0.3) is 11.1 Å². The summed E-state index contributed by atoms with van der Waals surface area (Å²) in [6.45, 7) is 9.10. The molecule has 8 heteroatoms. The van der Waals surface area contributed by atoms with Gasteiger partial charge in [-0.15, -0.1) is 0 Å². The molecule has 0 aromatic heterocycles. The molecule has 174 valence electrons. The third kappa shape index (κ3) is 6.76. The van der Waals surface area contributed by atoms with Crippen LogP contribution in [0.1, 0.15) is 51.8 Å². The molecule has 0 heterocycles. The number of aliphatic carboxylic acids is 1. The number of esters is 1. The highest BCUT2D eigenvalue weighted by molar-refractivity contribution is 7.53. The van der Waals surface area contributed by atoms with E-state index in [-0.39, 0.29) is 19.4 Å². The molecule has 0 aliphatic carbocycles. The number of carboxylic acid groups (broad SMARTS) is 1. The van der Waals surface area contributed by atoms with Crippen LogP contribution in [0.5, 0.6) is 0 Å². The molecule has 0 aliphatic heterocycles. The van der Waals surface area contributed by atoms with Gasteiger partial charge in [-0.05, 0) is 51.3 Å². The van der Waals surface area contributed by atoms with Crippen LogP contribution >= 0.6 is 7.60 Å². The normalized spacial score (nSPS) is 12.9. The van der Waals surface area contributed by atoms with Crippen molar-refractivity contribution in [3.8, 4) is 11.1 Å². The van der Waals surface area contributed by atoms with E-state index >= 15 is 0 Å². The summed E-state index contributed by atoms with van der Waals surface area (Å²) in [5, 5.41) is 9.75. The lowest BCUT2D eigenvalue weighted by Gasteiger charge is -2.23. The van der Waals surface area contributed by atoms with Crippen molar-refractivity contribution < 1.29 is 33.0 Å². The van der Waals surface area contributed by atoms with E-state index in [4.69, 9.17) is 13.8 Å². The van der Waals surface area contributed by atoms with Crippen LogP contribution < -0.4 is 0 Å². The van der Waals surface area contributed by atoms with Gasteiger partial charge in [0.1, 0.15) is 0 Å². The Balaban J connectivity index is 2.36. The number of hydrogen-bond acceptors (Lipinski definition) is 6. The van der Waals surface area contributed by atoms with Gasteiger partial charge in [0.05, 0.1) is 24.8 Å². The van der Waals surface area contributed by atoms with Crippen molar-refractivity contribution >= 4 is 19.5 Å². The summed E-state index contributed by atoms with van der Waals surface area (Å²) in [5.74, 6) is -1.85. The van der Waals surface area contributed by atoms with Gasteiger partial charge in [0.2, 0.25) is 6.10 Å². The smallest absolute Gasteiger partial charge is 0.349 e. The maximum atomic E-state index is 12.8. The molecule has 0 aliphatic rings. The highest BCUT2D eigenvalue weighted by Gasteiger charge is 2.32. The van der Waals surface area contributed by atoms with Gasteiger partial charge in [-0.2, -0.15) is 0 Å². The Morgan fingerprint density at radius 1 is 0.969 bits per heavy atom. The van der Waals surface area contributed by atoms with E-state index in [0.717, 1.165) is 11.1 Å². The van der Waals surface area contributed by atoms with Crippen molar-refractivity contribution in [1.82, 2.24) is 0 Å². The van der Waals surface area contributed by atoms with E-state index in [1.165, 1.54) is 0 Å². The molecule has 32 heavy (non-hydrogen) atoms. The standard InChI is InChI=1S/C24H31O7P/c1-6-29-32(28,30-7-2)16-17-12-14-18(15-13-17)19-10-8-9-11-20(19)21(22(25)26)31-23(27)24(3,4)5/h8-15,21H,6-7,16H2,1-5H3,(H,25,26). The second-order valence-corrected chi connectivity index (χ2v) is 10.3. The van der Waals surface area contributed by atoms with Gasteiger partial charge in [-0.3, -0.25) is 9.36 Å². The fourth-order valence-electron chi connectivity index (χ4n) is 3.05. The van der Waals surface area contributed by atoms with E-state index in [1.54, 1.807) is 83.1 Å². The minimum Gasteiger partial charge on any atom is -0.478 e. The molecule has 0 saturated heterocycles. The lowest BCUT2D eigenvalue weighted by molar-refractivity contribution is -0.170. The van der Waals surface area contributed by atoms with Crippen molar-refractivity contribution in [2.24, 2.45) is 5.41 Å². The summed E-state index contributed by atoms with van der Waals surface area (Å²) in [6, 6.07) is 14.1. The number of benzene rings is 2.